The van der Waals surface area contributed by atoms with Crippen LogP contribution < -0.4 is 5.32 Å². The molecular weight excluding hydrogens is 186 g/mol. The number of aliphatic hydroxyl groups is 1. The fourth-order valence-electron chi connectivity index (χ4n) is 2.04. The minimum atomic E-state index is -0.0205. The van der Waals surface area contributed by atoms with Crippen LogP contribution in [0.4, 0.5) is 0 Å². The topological polar surface area (TPSA) is 32.3 Å². The second kappa shape index (κ2) is 6.49. The van der Waals surface area contributed by atoms with Crippen molar-refractivity contribution in [1.82, 2.24) is 5.32 Å². The number of nitrogens with one attached hydrogen (secondary N) is 1. The van der Waals surface area contributed by atoms with Crippen molar-refractivity contribution < 1.29 is 5.11 Å². The molecule has 1 aliphatic rings. The Balaban J connectivity index is 2.08. The summed E-state index contributed by atoms with van der Waals surface area (Å²) >= 11 is 0. The first kappa shape index (κ1) is 13.0. The van der Waals surface area contributed by atoms with E-state index in [-0.39, 0.29) is 12.1 Å². The molecule has 15 heavy (non-hydrogen) atoms. The summed E-state index contributed by atoms with van der Waals surface area (Å²) in [5.74, 6) is 0. The van der Waals surface area contributed by atoms with Crippen LogP contribution in [0.3, 0.4) is 0 Å². The first-order valence-electron chi connectivity index (χ1n) is 6.59. The van der Waals surface area contributed by atoms with Gasteiger partial charge in [-0.25, -0.2) is 0 Å². The average molecular weight is 213 g/mol. The first-order valence-corrected chi connectivity index (χ1v) is 6.59. The standard InChI is InChI=1S/C13H27NO/c1-3-4-5-6-7-10-13(2,11-15)14-12-8-9-12/h12,14-15H,3-11H2,1-2H3. The van der Waals surface area contributed by atoms with Crippen molar-refractivity contribution in [1.29, 1.82) is 0 Å². The van der Waals surface area contributed by atoms with E-state index in [2.05, 4.69) is 19.2 Å². The molecule has 1 aliphatic carbocycles. The summed E-state index contributed by atoms with van der Waals surface area (Å²) in [6.07, 6.45) is 10.3. The predicted molar refractivity (Wildman–Crippen MR) is 65.0 cm³/mol. The van der Waals surface area contributed by atoms with Gasteiger partial charge in [-0.1, -0.05) is 39.0 Å². The van der Waals surface area contributed by atoms with Crippen molar-refractivity contribution in [2.75, 3.05) is 6.61 Å². The summed E-state index contributed by atoms with van der Waals surface area (Å²) in [6, 6.07) is 0.692. The summed E-state index contributed by atoms with van der Waals surface area (Å²) in [7, 11) is 0. The lowest BCUT2D eigenvalue weighted by atomic mass is 9.94. The molecule has 2 N–H and O–H groups in total. The van der Waals surface area contributed by atoms with Crippen LogP contribution in [0, 0.1) is 0 Å². The fourth-order valence-corrected chi connectivity index (χ4v) is 2.04. The van der Waals surface area contributed by atoms with E-state index in [0.717, 1.165) is 6.42 Å². The summed E-state index contributed by atoms with van der Waals surface area (Å²) in [5.41, 5.74) is -0.0205. The van der Waals surface area contributed by atoms with Crippen molar-refractivity contribution in [3.63, 3.8) is 0 Å². The highest BCUT2D eigenvalue weighted by Crippen LogP contribution is 2.25. The lowest BCUT2D eigenvalue weighted by Gasteiger charge is -2.29. The molecule has 1 rings (SSSR count). The third-order valence-corrected chi connectivity index (χ3v) is 3.31. The molecule has 0 aliphatic heterocycles. The highest BCUT2D eigenvalue weighted by molar-refractivity contribution is 4.92. The van der Waals surface area contributed by atoms with Gasteiger partial charge in [-0.05, 0) is 26.2 Å². The zero-order valence-corrected chi connectivity index (χ0v) is 10.4. The van der Waals surface area contributed by atoms with Crippen molar-refractivity contribution in [3.8, 4) is 0 Å². The third kappa shape index (κ3) is 5.53. The Kier molecular flexibility index (Phi) is 5.62. The maximum absolute atomic E-state index is 9.40. The molecule has 0 heterocycles. The zero-order valence-electron chi connectivity index (χ0n) is 10.4. The van der Waals surface area contributed by atoms with E-state index < -0.39 is 0 Å². The van der Waals surface area contributed by atoms with Crippen molar-refractivity contribution in [2.24, 2.45) is 0 Å². The van der Waals surface area contributed by atoms with E-state index in [1.54, 1.807) is 0 Å². The number of rotatable bonds is 9. The summed E-state index contributed by atoms with van der Waals surface area (Å²) in [5, 5.41) is 13.0. The van der Waals surface area contributed by atoms with Crippen LogP contribution in [0.5, 0.6) is 0 Å². The van der Waals surface area contributed by atoms with Crippen molar-refractivity contribution in [2.45, 2.75) is 76.8 Å². The Labute approximate surface area is 94.5 Å². The summed E-state index contributed by atoms with van der Waals surface area (Å²) in [6.45, 7) is 4.68. The number of unbranched alkanes of at least 4 members (excludes halogenated alkanes) is 4. The molecule has 0 bridgehead atoms. The lowest BCUT2D eigenvalue weighted by molar-refractivity contribution is 0.161. The van der Waals surface area contributed by atoms with Crippen LogP contribution >= 0.6 is 0 Å². The molecule has 0 amide bonds. The largest absolute Gasteiger partial charge is 0.394 e. The Morgan fingerprint density at radius 2 is 1.87 bits per heavy atom. The minimum absolute atomic E-state index is 0.0205. The minimum Gasteiger partial charge on any atom is -0.394 e. The molecule has 1 saturated carbocycles. The van der Waals surface area contributed by atoms with Gasteiger partial charge in [0, 0.05) is 11.6 Å². The van der Waals surface area contributed by atoms with Gasteiger partial charge in [-0.15, -0.1) is 0 Å². The molecule has 0 aromatic heterocycles. The highest BCUT2D eigenvalue weighted by atomic mass is 16.3. The second-order valence-electron chi connectivity index (χ2n) is 5.30. The van der Waals surface area contributed by atoms with Gasteiger partial charge in [-0.3, -0.25) is 0 Å². The third-order valence-electron chi connectivity index (χ3n) is 3.31. The SMILES string of the molecule is CCCCCCCC(C)(CO)NC1CC1. The molecule has 2 heteroatoms. The molecule has 0 aromatic rings. The van der Waals surface area contributed by atoms with Crippen LogP contribution in [-0.4, -0.2) is 23.3 Å². The van der Waals surface area contributed by atoms with Gasteiger partial charge in [0.15, 0.2) is 0 Å². The summed E-state index contributed by atoms with van der Waals surface area (Å²) in [4.78, 5) is 0. The van der Waals surface area contributed by atoms with Gasteiger partial charge in [0.1, 0.15) is 0 Å². The van der Waals surface area contributed by atoms with Crippen molar-refractivity contribution >= 4 is 0 Å². The predicted octanol–water partition coefficient (Wildman–Crippen LogP) is 2.85. The molecule has 1 atom stereocenters. The van der Waals surface area contributed by atoms with E-state index in [0.29, 0.717) is 6.04 Å². The molecule has 2 nitrogen and oxygen atoms in total. The molecule has 0 aromatic carbocycles. The Hall–Kier alpha value is -0.0800. The van der Waals surface area contributed by atoms with E-state index in [4.69, 9.17) is 0 Å². The van der Waals surface area contributed by atoms with Crippen LogP contribution in [0.1, 0.15) is 65.2 Å². The molecule has 90 valence electrons. The molecule has 1 fully saturated rings. The first-order chi connectivity index (χ1) is 7.20. The summed E-state index contributed by atoms with van der Waals surface area (Å²) < 4.78 is 0. The van der Waals surface area contributed by atoms with Gasteiger partial charge in [0.05, 0.1) is 6.61 Å². The maximum Gasteiger partial charge on any atom is 0.0610 e. The number of hydrogen-bond acceptors (Lipinski definition) is 2. The Morgan fingerprint density at radius 3 is 2.40 bits per heavy atom. The number of aliphatic hydroxyl groups excluding tert-OH is 1. The van der Waals surface area contributed by atoms with Gasteiger partial charge in [0.25, 0.3) is 0 Å². The van der Waals surface area contributed by atoms with Crippen LogP contribution in [-0.2, 0) is 0 Å². The van der Waals surface area contributed by atoms with E-state index in [9.17, 15) is 5.11 Å². The van der Waals surface area contributed by atoms with Crippen molar-refractivity contribution in [3.05, 3.63) is 0 Å². The maximum atomic E-state index is 9.40. The second-order valence-corrected chi connectivity index (χ2v) is 5.30. The van der Waals surface area contributed by atoms with E-state index >= 15 is 0 Å². The fraction of sp³-hybridized carbons (Fsp3) is 1.00. The molecule has 0 radical (unpaired) electrons. The van der Waals surface area contributed by atoms with Gasteiger partial charge in [0.2, 0.25) is 0 Å². The van der Waals surface area contributed by atoms with Crippen LogP contribution in [0.15, 0.2) is 0 Å². The quantitative estimate of drug-likeness (QED) is 0.577. The molecular formula is C13H27NO. The zero-order chi connectivity index (χ0) is 11.1. The van der Waals surface area contributed by atoms with Gasteiger partial charge >= 0.3 is 0 Å². The smallest absolute Gasteiger partial charge is 0.0610 e. The lowest BCUT2D eigenvalue weighted by Crippen LogP contribution is -2.46. The van der Waals surface area contributed by atoms with Crippen LogP contribution in [0.2, 0.25) is 0 Å². The van der Waals surface area contributed by atoms with Gasteiger partial charge < -0.3 is 10.4 Å². The average Bonchev–Trinajstić information content (AvgIpc) is 3.01. The Bertz CT molecular complexity index is 168. The normalized spacial score (nSPS) is 20.2. The molecule has 0 spiro atoms. The molecule has 0 saturated heterocycles. The van der Waals surface area contributed by atoms with Crippen LogP contribution in [0.25, 0.3) is 0 Å². The molecule has 1 unspecified atom stereocenters. The highest BCUT2D eigenvalue weighted by Gasteiger charge is 2.31. The number of hydrogen-bond donors (Lipinski definition) is 2. The van der Waals surface area contributed by atoms with E-state index in [1.165, 1.54) is 44.9 Å². The van der Waals surface area contributed by atoms with E-state index in [1.807, 2.05) is 0 Å². The van der Waals surface area contributed by atoms with Gasteiger partial charge in [-0.2, -0.15) is 0 Å². The Morgan fingerprint density at radius 1 is 1.20 bits per heavy atom. The monoisotopic (exact) mass is 213 g/mol.